The second kappa shape index (κ2) is 8.43. The Balaban J connectivity index is 0.000000345. The summed E-state index contributed by atoms with van der Waals surface area (Å²) in [6.45, 7) is 10.6. The fourth-order valence-electron chi connectivity index (χ4n) is 3.06. The Morgan fingerprint density at radius 3 is 1.89 bits per heavy atom. The van der Waals surface area contributed by atoms with Crippen molar-refractivity contribution >= 4 is 18.6 Å². The summed E-state index contributed by atoms with van der Waals surface area (Å²) < 4.78 is 43.9. The van der Waals surface area contributed by atoms with Crippen LogP contribution in [0.1, 0.15) is 52.0 Å². The molecule has 1 aromatic rings. The van der Waals surface area contributed by atoms with Gasteiger partial charge in [-0.3, -0.25) is 0 Å². The van der Waals surface area contributed by atoms with Gasteiger partial charge in [-0.15, -0.1) is 0 Å². The summed E-state index contributed by atoms with van der Waals surface area (Å²) in [5.74, 6) is -2.06. The minimum absolute atomic E-state index is 0.253. The summed E-state index contributed by atoms with van der Waals surface area (Å²) in [6.07, 6.45) is -2.62. The summed E-state index contributed by atoms with van der Waals surface area (Å²) in [5, 5.41) is 10.5. The fraction of sp³-hybridized carbons (Fsp3) is 0.632. The molecule has 2 N–H and O–H groups in total. The minimum Gasteiger partial charge on any atom is -0.475 e. The van der Waals surface area contributed by atoms with Crippen LogP contribution in [0.25, 0.3) is 0 Å². The summed E-state index contributed by atoms with van der Waals surface area (Å²) >= 11 is 0. The van der Waals surface area contributed by atoms with Gasteiger partial charge in [0.25, 0.3) is 0 Å². The highest BCUT2D eigenvalue weighted by molar-refractivity contribution is 6.62. The van der Waals surface area contributed by atoms with Gasteiger partial charge < -0.3 is 19.7 Å². The molecule has 0 unspecified atom stereocenters. The van der Waals surface area contributed by atoms with Gasteiger partial charge in [-0.05, 0) is 70.6 Å². The summed E-state index contributed by atoms with van der Waals surface area (Å²) in [6, 6.07) is 8.83. The number of hydrogen-bond donors (Lipinski definition) is 2. The van der Waals surface area contributed by atoms with Crippen molar-refractivity contribution in [2.24, 2.45) is 0 Å². The molecule has 3 rings (SSSR count). The van der Waals surface area contributed by atoms with Crippen LogP contribution in [0.15, 0.2) is 24.3 Å². The van der Waals surface area contributed by atoms with E-state index in [1.807, 2.05) is 0 Å². The van der Waals surface area contributed by atoms with Gasteiger partial charge in [0.1, 0.15) is 0 Å². The molecule has 0 spiro atoms. The smallest absolute Gasteiger partial charge is 0.475 e. The van der Waals surface area contributed by atoms with Crippen molar-refractivity contribution in [3.05, 3.63) is 29.8 Å². The molecule has 2 fully saturated rings. The Labute approximate surface area is 163 Å². The Bertz CT molecular complexity index is 655. The van der Waals surface area contributed by atoms with E-state index in [2.05, 4.69) is 57.3 Å². The molecule has 5 nitrogen and oxygen atoms in total. The van der Waals surface area contributed by atoms with E-state index in [1.165, 1.54) is 18.4 Å². The summed E-state index contributed by atoms with van der Waals surface area (Å²) in [4.78, 5) is 8.90. The van der Waals surface area contributed by atoms with Crippen LogP contribution in [0, 0.1) is 0 Å². The maximum Gasteiger partial charge on any atom is 0.494 e. The maximum absolute atomic E-state index is 10.6. The molecule has 0 saturated carbocycles. The zero-order chi connectivity index (χ0) is 21.2. The third kappa shape index (κ3) is 5.49. The van der Waals surface area contributed by atoms with Crippen LogP contribution in [0.2, 0.25) is 0 Å². The molecular weight excluding hydrogens is 374 g/mol. The van der Waals surface area contributed by atoms with Crippen molar-refractivity contribution < 1.29 is 32.4 Å². The van der Waals surface area contributed by atoms with E-state index in [4.69, 9.17) is 19.2 Å². The van der Waals surface area contributed by atoms with Crippen molar-refractivity contribution in [3.8, 4) is 0 Å². The van der Waals surface area contributed by atoms with Crippen molar-refractivity contribution in [1.82, 2.24) is 5.32 Å². The highest BCUT2D eigenvalue weighted by Crippen LogP contribution is 2.36. The van der Waals surface area contributed by atoms with Gasteiger partial charge in [-0.25, -0.2) is 4.79 Å². The Kier molecular flexibility index (Phi) is 6.84. The van der Waals surface area contributed by atoms with Gasteiger partial charge in [0.05, 0.1) is 11.2 Å². The number of alkyl halides is 3. The van der Waals surface area contributed by atoms with Crippen molar-refractivity contribution in [2.75, 3.05) is 13.1 Å². The third-order valence-corrected chi connectivity index (χ3v) is 5.51. The zero-order valence-electron chi connectivity index (χ0n) is 16.6. The van der Waals surface area contributed by atoms with Crippen LogP contribution in [0.3, 0.4) is 0 Å². The number of halogens is 3. The molecule has 1 aromatic carbocycles. The van der Waals surface area contributed by atoms with Crippen LogP contribution >= 0.6 is 0 Å². The topological polar surface area (TPSA) is 67.8 Å². The average Bonchev–Trinajstić information content (AvgIpc) is 2.83. The highest BCUT2D eigenvalue weighted by atomic mass is 19.4. The Morgan fingerprint density at radius 2 is 1.50 bits per heavy atom. The fourth-order valence-corrected chi connectivity index (χ4v) is 3.06. The first-order chi connectivity index (χ1) is 12.8. The van der Waals surface area contributed by atoms with Crippen molar-refractivity contribution in [3.63, 3.8) is 0 Å². The monoisotopic (exact) mass is 401 g/mol. The molecule has 0 radical (unpaired) electrons. The average molecular weight is 401 g/mol. The summed E-state index contributed by atoms with van der Waals surface area (Å²) in [5.41, 5.74) is 2.01. The SMILES string of the molecule is CC1(C)OB(c2ccc(C3CCNCC3)cc2)OC1(C)C.O=C(O)C(F)(F)F. The molecule has 9 heteroatoms. The number of benzene rings is 1. The number of carboxylic acids is 1. The normalized spacial score (nSPS) is 21.8. The van der Waals surface area contributed by atoms with Crippen molar-refractivity contribution in [2.45, 2.75) is 63.8 Å². The number of carbonyl (C=O) groups is 1. The second-order valence-electron chi connectivity index (χ2n) is 8.08. The summed E-state index contributed by atoms with van der Waals surface area (Å²) in [7, 11) is -0.253. The van der Waals surface area contributed by atoms with E-state index in [1.54, 1.807) is 0 Å². The van der Waals surface area contributed by atoms with Gasteiger partial charge in [0.2, 0.25) is 0 Å². The van der Waals surface area contributed by atoms with E-state index in [9.17, 15) is 13.2 Å². The lowest BCUT2D eigenvalue weighted by Gasteiger charge is -2.32. The van der Waals surface area contributed by atoms with E-state index < -0.39 is 12.1 Å². The molecule has 0 atom stereocenters. The van der Waals surface area contributed by atoms with Crippen LogP contribution in [-0.4, -0.2) is 48.7 Å². The van der Waals surface area contributed by atoms with E-state index in [0.29, 0.717) is 5.92 Å². The molecule has 156 valence electrons. The highest BCUT2D eigenvalue weighted by Gasteiger charge is 2.51. The number of aliphatic carboxylic acids is 1. The quantitative estimate of drug-likeness (QED) is 0.746. The van der Waals surface area contributed by atoms with E-state index >= 15 is 0 Å². The van der Waals surface area contributed by atoms with Crippen LogP contribution in [0.4, 0.5) is 13.2 Å². The second-order valence-corrected chi connectivity index (χ2v) is 8.08. The molecule has 0 aliphatic carbocycles. The molecule has 2 heterocycles. The van der Waals surface area contributed by atoms with Gasteiger partial charge >= 0.3 is 19.3 Å². The Morgan fingerprint density at radius 1 is 1.07 bits per heavy atom. The zero-order valence-corrected chi connectivity index (χ0v) is 16.6. The molecule has 2 aliphatic rings. The largest absolute Gasteiger partial charge is 0.494 e. The molecule has 28 heavy (non-hydrogen) atoms. The first-order valence-corrected chi connectivity index (χ1v) is 9.30. The van der Waals surface area contributed by atoms with Crippen LogP contribution < -0.4 is 10.8 Å². The minimum atomic E-state index is -5.08. The predicted octanol–water partition coefficient (Wildman–Crippen LogP) is 3.09. The number of hydrogen-bond acceptors (Lipinski definition) is 4. The lowest BCUT2D eigenvalue weighted by Crippen LogP contribution is -2.41. The molecule has 0 bridgehead atoms. The van der Waals surface area contributed by atoms with E-state index in [0.717, 1.165) is 18.6 Å². The predicted molar refractivity (Wildman–Crippen MR) is 101 cm³/mol. The molecule has 0 aromatic heterocycles. The maximum atomic E-state index is 10.6. The third-order valence-electron chi connectivity index (χ3n) is 5.51. The number of nitrogens with one attached hydrogen (secondary N) is 1. The molecular formula is C19H27BF3NO4. The van der Waals surface area contributed by atoms with Gasteiger partial charge in [-0.2, -0.15) is 13.2 Å². The first-order valence-electron chi connectivity index (χ1n) is 9.30. The lowest BCUT2D eigenvalue weighted by molar-refractivity contribution is -0.192. The van der Waals surface area contributed by atoms with Crippen molar-refractivity contribution in [1.29, 1.82) is 0 Å². The van der Waals surface area contributed by atoms with Crippen LogP contribution in [0.5, 0.6) is 0 Å². The molecule has 2 aliphatic heterocycles. The first kappa shape index (κ1) is 22.7. The lowest BCUT2D eigenvalue weighted by atomic mass is 9.77. The number of piperidine rings is 1. The Hall–Kier alpha value is -1.58. The van der Waals surface area contributed by atoms with Gasteiger partial charge in [0.15, 0.2) is 0 Å². The number of rotatable bonds is 2. The standard InChI is InChI=1S/C17H26BNO2.C2HF3O2/c1-16(2)17(3,4)21-18(20-16)15-7-5-13(6-8-15)14-9-11-19-12-10-14;3-2(4,5)1(6)7/h5-8,14,19H,9-12H2,1-4H3;(H,6,7). The van der Waals surface area contributed by atoms with Gasteiger partial charge in [-0.1, -0.05) is 24.3 Å². The molecule has 0 amide bonds. The van der Waals surface area contributed by atoms with E-state index in [-0.39, 0.29) is 18.3 Å². The van der Waals surface area contributed by atoms with Crippen LogP contribution in [-0.2, 0) is 14.1 Å². The number of carboxylic acid groups (broad SMARTS) is 1. The van der Waals surface area contributed by atoms with Gasteiger partial charge in [0, 0.05) is 0 Å². The molecule has 2 saturated heterocycles.